The van der Waals surface area contributed by atoms with Crippen molar-refractivity contribution < 1.29 is 14.3 Å². The van der Waals surface area contributed by atoms with Gasteiger partial charge in [-0.15, -0.1) is 0 Å². The van der Waals surface area contributed by atoms with Crippen LogP contribution in [0.5, 0.6) is 0 Å². The Morgan fingerprint density at radius 3 is 2.53 bits per heavy atom. The van der Waals surface area contributed by atoms with Gasteiger partial charge in [0.1, 0.15) is 5.25 Å². The Morgan fingerprint density at radius 2 is 1.88 bits per heavy atom. The quantitative estimate of drug-likeness (QED) is 0.688. The van der Waals surface area contributed by atoms with Gasteiger partial charge in [-0.2, -0.15) is 0 Å². The Balaban J connectivity index is 1.53. The molecule has 0 bridgehead atoms. The molecule has 0 saturated carbocycles. The van der Waals surface area contributed by atoms with Gasteiger partial charge < -0.3 is 10.1 Å². The summed E-state index contributed by atoms with van der Waals surface area (Å²) in [5.41, 5.74) is 4.86. The number of amides is 2. The van der Waals surface area contributed by atoms with Crippen molar-refractivity contribution in [3.8, 4) is 0 Å². The van der Waals surface area contributed by atoms with E-state index in [1.54, 1.807) is 4.90 Å². The molecule has 2 fully saturated rings. The van der Waals surface area contributed by atoms with Gasteiger partial charge in [0.2, 0.25) is 11.8 Å². The predicted octanol–water partition coefficient (Wildman–Crippen LogP) is 4.75. The molecule has 4 rings (SSSR count). The van der Waals surface area contributed by atoms with Crippen LogP contribution in [0.3, 0.4) is 0 Å². The zero-order chi connectivity index (χ0) is 22.7. The summed E-state index contributed by atoms with van der Waals surface area (Å²) in [5, 5.41) is 3.05. The van der Waals surface area contributed by atoms with Crippen molar-refractivity contribution in [2.45, 2.75) is 51.4 Å². The summed E-state index contributed by atoms with van der Waals surface area (Å²) in [6.45, 7) is 7.24. The SMILES string of the molecule is Cc1ccc(NC(=O)CC2SC(=Nc3c(C)cccc3C)N(CC3CCCO3)C2=O)cc1. The van der Waals surface area contributed by atoms with Crippen LogP contribution in [0.1, 0.15) is 36.0 Å². The lowest BCUT2D eigenvalue weighted by molar-refractivity contribution is -0.129. The lowest BCUT2D eigenvalue weighted by atomic mass is 10.1. The maximum Gasteiger partial charge on any atom is 0.242 e. The van der Waals surface area contributed by atoms with Gasteiger partial charge in [0.25, 0.3) is 0 Å². The maximum atomic E-state index is 13.3. The molecule has 0 radical (unpaired) electrons. The Kier molecular flexibility index (Phi) is 6.96. The van der Waals surface area contributed by atoms with Gasteiger partial charge in [-0.1, -0.05) is 47.7 Å². The maximum absolute atomic E-state index is 13.3. The summed E-state index contributed by atoms with van der Waals surface area (Å²) >= 11 is 1.37. The Hall–Kier alpha value is -2.64. The second-order valence-electron chi connectivity index (χ2n) is 8.44. The lowest BCUT2D eigenvalue weighted by Crippen LogP contribution is -2.38. The number of benzene rings is 2. The minimum atomic E-state index is -0.495. The van der Waals surface area contributed by atoms with Gasteiger partial charge in [0, 0.05) is 18.7 Å². The second kappa shape index (κ2) is 9.88. The Labute approximate surface area is 193 Å². The number of anilines is 1. The van der Waals surface area contributed by atoms with E-state index < -0.39 is 5.25 Å². The fraction of sp³-hybridized carbons (Fsp3) is 0.400. The number of amidine groups is 1. The molecule has 2 aromatic rings. The highest BCUT2D eigenvalue weighted by molar-refractivity contribution is 8.15. The van der Waals surface area contributed by atoms with Crippen LogP contribution < -0.4 is 5.32 Å². The smallest absolute Gasteiger partial charge is 0.242 e. The summed E-state index contributed by atoms with van der Waals surface area (Å²) in [4.78, 5) is 32.5. The number of aliphatic imine (C=N–C) groups is 1. The molecule has 0 spiro atoms. The van der Waals surface area contributed by atoms with E-state index in [0.29, 0.717) is 11.7 Å². The summed E-state index contributed by atoms with van der Waals surface area (Å²) in [7, 11) is 0. The number of ether oxygens (including phenoxy) is 1. The molecule has 32 heavy (non-hydrogen) atoms. The molecular formula is C25H29N3O3S. The first kappa shape index (κ1) is 22.6. The molecule has 2 amide bonds. The van der Waals surface area contributed by atoms with Gasteiger partial charge in [-0.25, -0.2) is 4.99 Å². The molecule has 0 aromatic heterocycles. The molecule has 2 aromatic carbocycles. The molecule has 1 N–H and O–H groups in total. The van der Waals surface area contributed by atoms with Crippen LogP contribution >= 0.6 is 11.8 Å². The third kappa shape index (κ3) is 5.22. The van der Waals surface area contributed by atoms with Gasteiger partial charge >= 0.3 is 0 Å². The van der Waals surface area contributed by atoms with E-state index in [9.17, 15) is 9.59 Å². The van der Waals surface area contributed by atoms with Crippen molar-refractivity contribution in [1.29, 1.82) is 0 Å². The highest BCUT2D eigenvalue weighted by atomic mass is 32.2. The highest BCUT2D eigenvalue weighted by Crippen LogP contribution is 2.34. The topological polar surface area (TPSA) is 71.0 Å². The summed E-state index contributed by atoms with van der Waals surface area (Å²) in [5.74, 6) is -0.250. The average Bonchev–Trinajstić information content (AvgIpc) is 3.37. The number of nitrogens with zero attached hydrogens (tertiary/aromatic N) is 2. The lowest BCUT2D eigenvalue weighted by Gasteiger charge is -2.20. The summed E-state index contributed by atoms with van der Waals surface area (Å²) in [6, 6.07) is 13.7. The van der Waals surface area contributed by atoms with Crippen molar-refractivity contribution in [2.24, 2.45) is 4.99 Å². The average molecular weight is 452 g/mol. The molecule has 7 heteroatoms. The molecule has 2 heterocycles. The molecular weight excluding hydrogens is 422 g/mol. The molecule has 168 valence electrons. The number of rotatable bonds is 6. The largest absolute Gasteiger partial charge is 0.376 e. The van der Waals surface area contributed by atoms with Crippen LogP contribution in [0.15, 0.2) is 47.5 Å². The Morgan fingerprint density at radius 1 is 1.16 bits per heavy atom. The number of nitrogens with one attached hydrogen (secondary N) is 1. The summed E-state index contributed by atoms with van der Waals surface area (Å²) < 4.78 is 5.78. The van der Waals surface area contributed by atoms with Gasteiger partial charge in [0.15, 0.2) is 5.17 Å². The molecule has 2 unspecified atom stereocenters. The van der Waals surface area contributed by atoms with Crippen LogP contribution in [0, 0.1) is 20.8 Å². The van der Waals surface area contributed by atoms with Crippen molar-refractivity contribution in [2.75, 3.05) is 18.5 Å². The first-order valence-corrected chi connectivity index (χ1v) is 11.9. The number of carbonyl (C=O) groups excluding carboxylic acids is 2. The van der Waals surface area contributed by atoms with Gasteiger partial charge in [0.05, 0.1) is 18.3 Å². The number of thioether (sulfide) groups is 1. The van der Waals surface area contributed by atoms with E-state index in [1.807, 2.05) is 63.2 Å². The third-order valence-corrected chi connectivity index (χ3v) is 6.96. The van der Waals surface area contributed by atoms with Crippen molar-refractivity contribution >= 4 is 40.1 Å². The van der Waals surface area contributed by atoms with Crippen LogP contribution in [0.25, 0.3) is 0 Å². The molecule has 2 atom stereocenters. The van der Waals surface area contributed by atoms with Crippen LogP contribution in [0.4, 0.5) is 11.4 Å². The van der Waals surface area contributed by atoms with Crippen molar-refractivity contribution in [1.82, 2.24) is 4.90 Å². The fourth-order valence-corrected chi connectivity index (χ4v) is 5.13. The fourth-order valence-electron chi connectivity index (χ4n) is 3.98. The number of hydrogen-bond acceptors (Lipinski definition) is 5. The predicted molar refractivity (Wildman–Crippen MR) is 130 cm³/mol. The normalized spacial score (nSPS) is 22.0. The first-order valence-electron chi connectivity index (χ1n) is 11.0. The number of hydrogen-bond donors (Lipinski definition) is 1. The first-order chi connectivity index (χ1) is 15.4. The molecule has 6 nitrogen and oxygen atoms in total. The highest BCUT2D eigenvalue weighted by Gasteiger charge is 2.40. The molecule has 0 aliphatic carbocycles. The monoisotopic (exact) mass is 451 g/mol. The third-order valence-electron chi connectivity index (χ3n) is 5.78. The second-order valence-corrected chi connectivity index (χ2v) is 9.61. The van der Waals surface area contributed by atoms with Crippen molar-refractivity contribution in [3.05, 3.63) is 59.2 Å². The number of carbonyl (C=O) groups is 2. The Bertz CT molecular complexity index is 1010. The molecule has 2 saturated heterocycles. The molecule has 2 aliphatic heterocycles. The molecule has 2 aliphatic rings. The minimum Gasteiger partial charge on any atom is -0.376 e. The van der Waals surface area contributed by atoms with Gasteiger partial charge in [-0.05, 0) is 56.9 Å². The van der Waals surface area contributed by atoms with E-state index in [1.165, 1.54) is 11.8 Å². The van der Waals surface area contributed by atoms with Crippen LogP contribution in [-0.4, -0.2) is 46.4 Å². The summed E-state index contributed by atoms with van der Waals surface area (Å²) in [6.07, 6.45) is 2.06. The van der Waals surface area contributed by atoms with Crippen molar-refractivity contribution in [3.63, 3.8) is 0 Å². The van der Waals surface area contributed by atoms with E-state index in [0.717, 1.165) is 47.5 Å². The minimum absolute atomic E-state index is 0.0165. The van der Waals surface area contributed by atoms with E-state index in [-0.39, 0.29) is 24.3 Å². The zero-order valence-corrected chi connectivity index (χ0v) is 19.6. The standard InChI is InChI=1S/C25H29N3O3S/c1-16-9-11-19(12-10-16)26-22(29)14-21-24(30)28(15-20-8-5-13-31-20)25(32-21)27-23-17(2)6-4-7-18(23)3/h4,6-7,9-12,20-21H,5,8,13-15H2,1-3H3,(H,26,29). The number of para-hydroxylation sites is 1. The van der Waals surface area contributed by atoms with Gasteiger partial charge in [-0.3, -0.25) is 14.5 Å². The van der Waals surface area contributed by atoms with E-state index in [2.05, 4.69) is 5.32 Å². The number of aryl methyl sites for hydroxylation is 3. The van der Waals surface area contributed by atoms with E-state index >= 15 is 0 Å². The van der Waals surface area contributed by atoms with Crippen LogP contribution in [-0.2, 0) is 14.3 Å². The van der Waals surface area contributed by atoms with Crippen LogP contribution in [0.2, 0.25) is 0 Å². The zero-order valence-electron chi connectivity index (χ0n) is 18.8. The van der Waals surface area contributed by atoms with E-state index in [4.69, 9.17) is 9.73 Å².